The monoisotopic (exact) mass is 424 g/mol. The number of aromatic nitrogens is 3. The fraction of sp³-hybridized carbons (Fsp3) is 0.154. The maximum absolute atomic E-state index is 6.10. The minimum atomic E-state index is -0.578. The lowest BCUT2D eigenvalue weighted by Gasteiger charge is -2.36. The van der Waals surface area contributed by atoms with Crippen LogP contribution in [0.1, 0.15) is 24.7 Å². The summed E-state index contributed by atoms with van der Waals surface area (Å²) in [5, 5.41) is 7.05. The number of ether oxygens (including phenoxy) is 1. The molecule has 1 aromatic heterocycles. The van der Waals surface area contributed by atoms with Crippen molar-refractivity contribution in [3.63, 3.8) is 0 Å². The van der Waals surface area contributed by atoms with Crippen LogP contribution in [0.4, 0.5) is 0 Å². The molecule has 2 N–H and O–H groups in total. The second-order valence-corrected chi connectivity index (χ2v) is 8.06. The van der Waals surface area contributed by atoms with Gasteiger partial charge in [-0.25, -0.2) is 4.98 Å². The summed E-state index contributed by atoms with van der Waals surface area (Å²) in [7, 11) is 0. The number of H-pyrrole nitrogens is 1. The number of hydrogen-bond acceptors (Lipinski definition) is 5. The molecular weight excluding hydrogens is 400 g/mol. The topological polar surface area (TPSA) is 72.1 Å². The fourth-order valence-electron chi connectivity index (χ4n) is 3.81. The van der Waals surface area contributed by atoms with Gasteiger partial charge in [0.15, 0.2) is 5.82 Å². The summed E-state index contributed by atoms with van der Waals surface area (Å²) in [6.45, 7) is 2.41. The van der Waals surface area contributed by atoms with Crippen molar-refractivity contribution in [1.29, 1.82) is 0 Å². The van der Waals surface area contributed by atoms with E-state index in [-0.39, 0.29) is 0 Å². The lowest BCUT2D eigenvalue weighted by molar-refractivity contribution is -0.0979. The van der Waals surface area contributed by atoms with Gasteiger partial charge in [0, 0.05) is 17.6 Å². The average Bonchev–Trinajstić information content (AvgIpc) is 3.39. The molecule has 1 unspecified atom stereocenters. The first-order chi connectivity index (χ1) is 15.7. The first-order valence-corrected chi connectivity index (χ1v) is 10.6. The van der Waals surface area contributed by atoms with Gasteiger partial charge in [-0.05, 0) is 30.2 Å². The lowest BCUT2D eigenvalue weighted by Crippen LogP contribution is -2.44. The Kier molecular flexibility index (Phi) is 5.44. The normalized spacial score (nSPS) is 18.3. The van der Waals surface area contributed by atoms with Gasteiger partial charge in [-0.15, -0.1) is 0 Å². The molecule has 2 heterocycles. The van der Waals surface area contributed by atoms with E-state index in [1.54, 1.807) is 0 Å². The van der Waals surface area contributed by atoms with E-state index in [9.17, 15) is 0 Å². The number of para-hydroxylation sites is 1. The fourth-order valence-corrected chi connectivity index (χ4v) is 3.81. The van der Waals surface area contributed by atoms with Crippen LogP contribution < -0.4 is 10.2 Å². The maximum atomic E-state index is 6.10. The number of benzene rings is 3. The molecule has 6 heteroatoms. The van der Waals surface area contributed by atoms with Gasteiger partial charge in [0.05, 0.1) is 5.70 Å². The summed E-state index contributed by atoms with van der Waals surface area (Å²) in [5.41, 5.74) is 7.83. The quantitative estimate of drug-likeness (QED) is 0.450. The van der Waals surface area contributed by atoms with Crippen LogP contribution in [0.2, 0.25) is 0 Å². The number of hydrogen-bond donors (Lipinski definition) is 2. The van der Waals surface area contributed by atoms with E-state index in [0.717, 1.165) is 28.1 Å². The summed E-state index contributed by atoms with van der Waals surface area (Å²) >= 11 is 0. The third kappa shape index (κ3) is 4.26. The first kappa shape index (κ1) is 20.0. The van der Waals surface area contributed by atoms with Crippen LogP contribution in [0.5, 0.6) is 5.75 Å². The van der Waals surface area contributed by atoms with Crippen LogP contribution in [-0.4, -0.2) is 27.4 Å². The Morgan fingerprint density at radius 1 is 0.875 bits per heavy atom. The van der Waals surface area contributed by atoms with E-state index in [4.69, 9.17) is 9.57 Å². The largest absolute Gasteiger partial charge is 0.490 e. The van der Waals surface area contributed by atoms with E-state index in [2.05, 4.69) is 57.1 Å². The van der Waals surface area contributed by atoms with E-state index in [1.165, 1.54) is 11.9 Å². The molecule has 6 nitrogen and oxygen atoms in total. The third-order valence-electron chi connectivity index (χ3n) is 5.52. The van der Waals surface area contributed by atoms with Crippen molar-refractivity contribution in [2.45, 2.75) is 18.9 Å². The predicted octanol–water partition coefficient (Wildman–Crippen LogP) is 5.10. The number of hydroxylamine groups is 1. The number of rotatable bonds is 6. The van der Waals surface area contributed by atoms with Gasteiger partial charge in [0.25, 0.3) is 0 Å². The SMILES string of the molecule is CC1(COc2ccccc2)CC(c2ncn[nH]2)=C(c2ccc(-c3ccccc3)cc2)NO1. The summed E-state index contributed by atoms with van der Waals surface area (Å²) in [5.74, 6) is 1.53. The van der Waals surface area contributed by atoms with Gasteiger partial charge in [-0.1, -0.05) is 72.8 Å². The van der Waals surface area contributed by atoms with Gasteiger partial charge in [-0.2, -0.15) is 5.10 Å². The summed E-state index contributed by atoms with van der Waals surface area (Å²) in [6.07, 6.45) is 2.13. The highest BCUT2D eigenvalue weighted by molar-refractivity contribution is 5.89. The highest BCUT2D eigenvalue weighted by atomic mass is 16.7. The zero-order chi connectivity index (χ0) is 21.8. The molecule has 0 saturated carbocycles. The van der Waals surface area contributed by atoms with Crippen molar-refractivity contribution in [2.75, 3.05) is 6.61 Å². The predicted molar refractivity (Wildman–Crippen MR) is 124 cm³/mol. The van der Waals surface area contributed by atoms with Crippen molar-refractivity contribution < 1.29 is 9.57 Å². The van der Waals surface area contributed by atoms with Crippen LogP contribution in [-0.2, 0) is 4.84 Å². The summed E-state index contributed by atoms with van der Waals surface area (Å²) in [4.78, 5) is 10.5. The Bertz CT molecular complexity index is 1190. The maximum Gasteiger partial charge on any atom is 0.153 e. The van der Waals surface area contributed by atoms with E-state index >= 15 is 0 Å². The van der Waals surface area contributed by atoms with E-state index in [1.807, 2.05) is 55.5 Å². The van der Waals surface area contributed by atoms with Crippen LogP contribution in [0, 0.1) is 0 Å². The molecule has 1 aliphatic heterocycles. The number of nitrogens with zero attached hydrogens (tertiary/aromatic N) is 2. The van der Waals surface area contributed by atoms with Crippen molar-refractivity contribution in [1.82, 2.24) is 20.7 Å². The van der Waals surface area contributed by atoms with Crippen LogP contribution in [0.25, 0.3) is 22.4 Å². The van der Waals surface area contributed by atoms with Gasteiger partial charge in [0.1, 0.15) is 24.3 Å². The standard InChI is InChI=1S/C26H24N4O2/c1-26(17-31-22-10-6-3-7-11-22)16-23(25-27-18-28-29-25)24(30-32-26)21-14-12-20(13-15-21)19-8-4-2-5-9-19/h2-15,18,30H,16-17H2,1H3,(H,27,28,29). The highest BCUT2D eigenvalue weighted by Crippen LogP contribution is 2.36. The Balaban J connectivity index is 1.43. The minimum absolute atomic E-state index is 0.391. The van der Waals surface area contributed by atoms with Gasteiger partial charge < -0.3 is 4.74 Å². The van der Waals surface area contributed by atoms with Crippen molar-refractivity contribution >= 4 is 11.3 Å². The second-order valence-electron chi connectivity index (χ2n) is 8.06. The Hall–Kier alpha value is -3.90. The molecule has 160 valence electrons. The van der Waals surface area contributed by atoms with Crippen molar-refractivity contribution in [3.8, 4) is 16.9 Å². The molecule has 32 heavy (non-hydrogen) atoms. The highest BCUT2D eigenvalue weighted by Gasteiger charge is 2.36. The minimum Gasteiger partial charge on any atom is -0.490 e. The van der Waals surface area contributed by atoms with Crippen molar-refractivity contribution in [2.24, 2.45) is 0 Å². The van der Waals surface area contributed by atoms with Crippen LogP contribution >= 0.6 is 0 Å². The smallest absolute Gasteiger partial charge is 0.153 e. The molecule has 0 bridgehead atoms. The molecule has 0 amide bonds. The van der Waals surface area contributed by atoms with Crippen LogP contribution in [0.3, 0.4) is 0 Å². The summed E-state index contributed by atoms with van der Waals surface area (Å²) in [6, 6.07) is 28.5. The van der Waals surface area contributed by atoms with Gasteiger partial charge >= 0.3 is 0 Å². The molecule has 0 saturated heterocycles. The summed E-state index contributed by atoms with van der Waals surface area (Å²) < 4.78 is 5.99. The molecule has 1 aliphatic rings. The Labute approximate surface area is 186 Å². The zero-order valence-electron chi connectivity index (χ0n) is 17.8. The molecule has 1 atom stereocenters. The molecular formula is C26H24N4O2. The second kappa shape index (κ2) is 8.69. The number of nitrogens with one attached hydrogen (secondary N) is 2. The first-order valence-electron chi connectivity index (χ1n) is 10.6. The average molecular weight is 425 g/mol. The third-order valence-corrected chi connectivity index (χ3v) is 5.52. The van der Waals surface area contributed by atoms with Gasteiger partial charge in [0.2, 0.25) is 0 Å². The van der Waals surface area contributed by atoms with Gasteiger partial charge in [-0.3, -0.25) is 15.4 Å². The zero-order valence-corrected chi connectivity index (χ0v) is 17.8. The molecule has 3 aromatic carbocycles. The molecule has 0 fully saturated rings. The number of aromatic amines is 1. The molecule has 0 aliphatic carbocycles. The Morgan fingerprint density at radius 2 is 1.53 bits per heavy atom. The van der Waals surface area contributed by atoms with E-state index < -0.39 is 5.60 Å². The lowest BCUT2D eigenvalue weighted by atomic mass is 9.91. The molecule has 0 spiro atoms. The Morgan fingerprint density at radius 3 is 2.22 bits per heavy atom. The molecule has 0 radical (unpaired) electrons. The van der Waals surface area contributed by atoms with Crippen LogP contribution in [0.15, 0.2) is 91.3 Å². The van der Waals surface area contributed by atoms with E-state index in [0.29, 0.717) is 18.9 Å². The molecule has 4 aromatic rings. The van der Waals surface area contributed by atoms with Crippen molar-refractivity contribution in [3.05, 3.63) is 103 Å². The molecule has 5 rings (SSSR count).